The zero-order valence-corrected chi connectivity index (χ0v) is 11.2. The van der Waals surface area contributed by atoms with E-state index in [2.05, 4.69) is 16.4 Å². The van der Waals surface area contributed by atoms with Gasteiger partial charge in [-0.3, -0.25) is 4.79 Å². The van der Waals surface area contributed by atoms with Crippen molar-refractivity contribution < 1.29 is 9.59 Å². The van der Waals surface area contributed by atoms with Crippen molar-refractivity contribution in [2.45, 2.75) is 20.3 Å². The van der Waals surface area contributed by atoms with Crippen LogP contribution in [0.25, 0.3) is 10.9 Å². The van der Waals surface area contributed by atoms with E-state index in [1.54, 1.807) is 6.92 Å². The molecular formula is C15H18N2O2. The molecule has 1 amide bonds. The van der Waals surface area contributed by atoms with Gasteiger partial charge in [0.1, 0.15) is 6.29 Å². The molecule has 2 rings (SSSR count). The van der Waals surface area contributed by atoms with Crippen LogP contribution >= 0.6 is 0 Å². The summed E-state index contributed by atoms with van der Waals surface area (Å²) in [5.41, 5.74) is 3.45. The highest BCUT2D eigenvalue weighted by molar-refractivity contribution is 5.91. The quantitative estimate of drug-likeness (QED) is 0.636. The van der Waals surface area contributed by atoms with Gasteiger partial charge in [0.25, 0.3) is 0 Å². The molecule has 19 heavy (non-hydrogen) atoms. The van der Waals surface area contributed by atoms with Crippen molar-refractivity contribution in [3.63, 3.8) is 0 Å². The minimum atomic E-state index is -0.580. The standard InChI is InChI=1S/C15H18N2O2/c1-10(9-18)15(19)16-8-7-12-11(2)17-14-6-4-3-5-13(12)14/h3-6,9-10,17H,7-8H2,1-2H3,(H,16,19). The molecule has 0 aliphatic carbocycles. The van der Waals surface area contributed by atoms with Gasteiger partial charge < -0.3 is 15.1 Å². The number of aromatic nitrogens is 1. The molecule has 0 bridgehead atoms. The molecule has 0 radical (unpaired) electrons. The average molecular weight is 258 g/mol. The largest absolute Gasteiger partial charge is 0.358 e. The SMILES string of the molecule is Cc1[nH]c2ccccc2c1CCNC(=O)C(C)C=O. The molecule has 0 aliphatic rings. The lowest BCUT2D eigenvalue weighted by Crippen LogP contribution is -2.31. The zero-order valence-electron chi connectivity index (χ0n) is 11.2. The smallest absolute Gasteiger partial charge is 0.230 e. The van der Waals surface area contributed by atoms with Crippen molar-refractivity contribution in [1.29, 1.82) is 0 Å². The highest BCUT2D eigenvalue weighted by atomic mass is 16.2. The minimum Gasteiger partial charge on any atom is -0.358 e. The predicted octanol–water partition coefficient (Wildman–Crippen LogP) is 1.97. The Balaban J connectivity index is 2.04. The van der Waals surface area contributed by atoms with E-state index in [0.29, 0.717) is 12.8 Å². The maximum Gasteiger partial charge on any atom is 0.230 e. The second-order valence-corrected chi connectivity index (χ2v) is 4.74. The summed E-state index contributed by atoms with van der Waals surface area (Å²) in [6, 6.07) is 8.12. The van der Waals surface area contributed by atoms with E-state index in [1.807, 2.05) is 25.1 Å². The molecular weight excluding hydrogens is 240 g/mol. The topological polar surface area (TPSA) is 62.0 Å². The summed E-state index contributed by atoms with van der Waals surface area (Å²) in [4.78, 5) is 25.3. The number of hydrogen-bond donors (Lipinski definition) is 2. The first-order valence-corrected chi connectivity index (χ1v) is 6.42. The third-order valence-corrected chi connectivity index (χ3v) is 3.32. The molecule has 0 saturated carbocycles. The molecule has 4 nitrogen and oxygen atoms in total. The fourth-order valence-corrected chi connectivity index (χ4v) is 2.19. The van der Waals surface area contributed by atoms with Gasteiger partial charge in [-0.05, 0) is 31.9 Å². The van der Waals surface area contributed by atoms with Crippen molar-refractivity contribution in [1.82, 2.24) is 10.3 Å². The van der Waals surface area contributed by atoms with Crippen LogP contribution in [-0.4, -0.2) is 23.7 Å². The first-order valence-electron chi connectivity index (χ1n) is 6.42. The fourth-order valence-electron chi connectivity index (χ4n) is 2.19. The number of aldehydes is 1. The fraction of sp³-hybridized carbons (Fsp3) is 0.333. The van der Waals surface area contributed by atoms with E-state index in [4.69, 9.17) is 0 Å². The zero-order chi connectivity index (χ0) is 13.8. The third kappa shape index (κ3) is 2.84. The number of H-pyrrole nitrogens is 1. The second-order valence-electron chi connectivity index (χ2n) is 4.74. The molecule has 2 N–H and O–H groups in total. The van der Waals surface area contributed by atoms with Crippen molar-refractivity contribution in [2.75, 3.05) is 6.54 Å². The highest BCUT2D eigenvalue weighted by Gasteiger charge is 2.12. The normalized spacial score (nSPS) is 12.3. The van der Waals surface area contributed by atoms with E-state index in [0.717, 1.165) is 17.6 Å². The van der Waals surface area contributed by atoms with Gasteiger partial charge in [-0.15, -0.1) is 0 Å². The van der Waals surface area contributed by atoms with E-state index >= 15 is 0 Å². The Labute approximate surface area is 112 Å². The minimum absolute atomic E-state index is 0.215. The van der Waals surface area contributed by atoms with E-state index < -0.39 is 5.92 Å². The second kappa shape index (κ2) is 5.69. The summed E-state index contributed by atoms with van der Waals surface area (Å²) in [6.45, 7) is 4.17. The Morgan fingerprint density at radius 1 is 1.42 bits per heavy atom. The number of benzene rings is 1. The summed E-state index contributed by atoms with van der Waals surface area (Å²) in [6.07, 6.45) is 1.42. The number of rotatable bonds is 5. The molecule has 1 unspecified atom stereocenters. The number of aryl methyl sites for hydroxylation is 1. The molecule has 1 atom stereocenters. The number of carbonyl (C=O) groups excluding carboxylic acids is 2. The van der Waals surface area contributed by atoms with Crippen LogP contribution in [0.1, 0.15) is 18.2 Å². The Bertz CT molecular complexity index is 601. The van der Waals surface area contributed by atoms with Gasteiger partial charge in [0.05, 0.1) is 5.92 Å². The monoisotopic (exact) mass is 258 g/mol. The van der Waals surface area contributed by atoms with Crippen LogP contribution in [0.15, 0.2) is 24.3 Å². The molecule has 1 aromatic heterocycles. The first kappa shape index (κ1) is 13.3. The number of fused-ring (bicyclic) bond motifs is 1. The maximum atomic E-state index is 11.5. The lowest BCUT2D eigenvalue weighted by Gasteiger charge is -2.07. The number of carbonyl (C=O) groups is 2. The maximum absolute atomic E-state index is 11.5. The van der Waals surface area contributed by atoms with Gasteiger partial charge >= 0.3 is 0 Å². The van der Waals surface area contributed by atoms with E-state index in [1.165, 1.54) is 10.9 Å². The molecule has 0 spiro atoms. The molecule has 0 fully saturated rings. The Hall–Kier alpha value is -2.10. The van der Waals surface area contributed by atoms with Crippen molar-refractivity contribution in [3.05, 3.63) is 35.5 Å². The molecule has 100 valence electrons. The summed E-state index contributed by atoms with van der Waals surface area (Å²) in [5, 5.41) is 3.97. The van der Waals surface area contributed by atoms with Gasteiger partial charge in [-0.25, -0.2) is 0 Å². The number of amides is 1. The lowest BCUT2D eigenvalue weighted by molar-refractivity contribution is -0.128. The Morgan fingerprint density at radius 2 is 2.16 bits per heavy atom. The van der Waals surface area contributed by atoms with Crippen LogP contribution in [0, 0.1) is 12.8 Å². The van der Waals surface area contributed by atoms with Gasteiger partial charge in [-0.1, -0.05) is 18.2 Å². The van der Waals surface area contributed by atoms with Crippen LogP contribution < -0.4 is 5.32 Å². The average Bonchev–Trinajstić information content (AvgIpc) is 2.74. The van der Waals surface area contributed by atoms with Gasteiger partial charge in [0.15, 0.2) is 0 Å². The van der Waals surface area contributed by atoms with Crippen LogP contribution in [-0.2, 0) is 16.0 Å². The molecule has 0 aliphatic heterocycles. The van der Waals surface area contributed by atoms with Gasteiger partial charge in [0.2, 0.25) is 5.91 Å². The van der Waals surface area contributed by atoms with Crippen LogP contribution in [0.4, 0.5) is 0 Å². The Kier molecular flexibility index (Phi) is 4.00. The summed E-state index contributed by atoms with van der Waals surface area (Å²) in [7, 11) is 0. The number of nitrogens with one attached hydrogen (secondary N) is 2. The van der Waals surface area contributed by atoms with Crippen molar-refractivity contribution in [3.8, 4) is 0 Å². The molecule has 1 heterocycles. The van der Waals surface area contributed by atoms with Crippen molar-refractivity contribution >= 4 is 23.1 Å². The van der Waals surface area contributed by atoms with Crippen LogP contribution in [0.2, 0.25) is 0 Å². The number of hydrogen-bond acceptors (Lipinski definition) is 2. The predicted molar refractivity (Wildman–Crippen MR) is 75.0 cm³/mol. The summed E-state index contributed by atoms with van der Waals surface area (Å²) in [5.74, 6) is -0.795. The van der Waals surface area contributed by atoms with Crippen molar-refractivity contribution in [2.24, 2.45) is 5.92 Å². The molecule has 1 aromatic carbocycles. The number of aromatic amines is 1. The van der Waals surface area contributed by atoms with Crippen LogP contribution in [0.3, 0.4) is 0 Å². The lowest BCUT2D eigenvalue weighted by atomic mass is 10.1. The van der Waals surface area contributed by atoms with Crippen LogP contribution in [0.5, 0.6) is 0 Å². The summed E-state index contributed by atoms with van der Waals surface area (Å²) >= 11 is 0. The first-order chi connectivity index (χ1) is 9.13. The van der Waals surface area contributed by atoms with Gasteiger partial charge in [-0.2, -0.15) is 0 Å². The van der Waals surface area contributed by atoms with E-state index in [-0.39, 0.29) is 5.91 Å². The summed E-state index contributed by atoms with van der Waals surface area (Å²) < 4.78 is 0. The van der Waals surface area contributed by atoms with E-state index in [9.17, 15) is 9.59 Å². The molecule has 0 saturated heterocycles. The Morgan fingerprint density at radius 3 is 2.89 bits per heavy atom. The van der Waals surface area contributed by atoms with Gasteiger partial charge in [0, 0.05) is 23.1 Å². The molecule has 4 heteroatoms. The molecule has 2 aromatic rings. The third-order valence-electron chi connectivity index (χ3n) is 3.32. The number of para-hydroxylation sites is 1. The highest BCUT2D eigenvalue weighted by Crippen LogP contribution is 2.21.